The maximum atomic E-state index is 12.2. The van der Waals surface area contributed by atoms with Crippen LogP contribution in [-0.4, -0.2) is 34.9 Å². The predicted octanol–water partition coefficient (Wildman–Crippen LogP) is 6.43. The first-order chi connectivity index (χ1) is 14.7. The predicted molar refractivity (Wildman–Crippen MR) is 126 cm³/mol. The van der Waals surface area contributed by atoms with Gasteiger partial charge < -0.3 is 19.8 Å². The fourth-order valence-electron chi connectivity index (χ4n) is 3.75. The Balaban J connectivity index is 2.65. The van der Waals surface area contributed by atoms with E-state index in [1.54, 1.807) is 20.0 Å². The first-order valence-electron chi connectivity index (χ1n) is 10.9. The second-order valence-corrected chi connectivity index (χ2v) is 8.10. The summed E-state index contributed by atoms with van der Waals surface area (Å²) in [6, 6.07) is 7.60. The van der Waals surface area contributed by atoms with Crippen molar-refractivity contribution >= 4 is 11.7 Å². The molecule has 0 aliphatic carbocycles. The van der Waals surface area contributed by atoms with Crippen LogP contribution in [0.15, 0.2) is 30.8 Å². The van der Waals surface area contributed by atoms with E-state index in [2.05, 4.69) is 13.5 Å². The van der Waals surface area contributed by atoms with Crippen LogP contribution in [0, 0.1) is 6.92 Å². The van der Waals surface area contributed by atoms with Crippen molar-refractivity contribution < 1.29 is 19.7 Å². The van der Waals surface area contributed by atoms with Gasteiger partial charge in [0, 0.05) is 12.6 Å². The van der Waals surface area contributed by atoms with E-state index >= 15 is 0 Å². The third-order valence-corrected chi connectivity index (χ3v) is 5.41. The Hall–Kier alpha value is -2.95. The molecule has 0 heterocycles. The van der Waals surface area contributed by atoms with Crippen molar-refractivity contribution in [2.45, 2.75) is 59.9 Å². The number of aryl methyl sites for hydroxylation is 2. The van der Waals surface area contributed by atoms with Crippen LogP contribution in [0.4, 0.5) is 4.79 Å². The van der Waals surface area contributed by atoms with Crippen molar-refractivity contribution in [3.05, 3.63) is 53.1 Å². The number of unbranched alkanes of at least 4 members (excludes halogenated alkanes) is 2. The number of aromatic hydroxyl groups is 2. The zero-order valence-electron chi connectivity index (χ0n) is 19.4. The molecule has 0 spiro atoms. The van der Waals surface area contributed by atoms with Crippen LogP contribution in [0.2, 0.25) is 0 Å². The normalized spacial score (nSPS) is 10.7. The molecule has 0 aliphatic heterocycles. The standard InChI is InChI=1S/C26H35NO4/c1-7-9-10-11-19-15-23(28)24(21-14-18(5)12-13-20(21)17(3)4)25(29)22(19)16-27(6)26(30)31-8-2/h12-15,28-29H,3,7-11,16H2,1-2,4-6H3. The Labute approximate surface area is 186 Å². The molecule has 0 unspecified atom stereocenters. The molecule has 0 saturated carbocycles. The molecule has 0 fully saturated rings. The van der Waals surface area contributed by atoms with E-state index in [-0.39, 0.29) is 24.7 Å². The summed E-state index contributed by atoms with van der Waals surface area (Å²) in [5, 5.41) is 22.3. The molecule has 0 saturated heterocycles. The molecule has 168 valence electrons. The van der Waals surface area contributed by atoms with E-state index in [1.807, 2.05) is 32.0 Å². The summed E-state index contributed by atoms with van der Waals surface area (Å²) in [7, 11) is 1.64. The molecule has 5 heteroatoms. The summed E-state index contributed by atoms with van der Waals surface area (Å²) in [6.07, 6.45) is 3.32. The number of hydrogen-bond donors (Lipinski definition) is 2. The van der Waals surface area contributed by atoms with E-state index in [1.165, 1.54) is 4.90 Å². The fraction of sp³-hybridized carbons (Fsp3) is 0.423. The highest BCUT2D eigenvalue weighted by Gasteiger charge is 2.23. The highest BCUT2D eigenvalue weighted by atomic mass is 16.6. The van der Waals surface area contributed by atoms with Gasteiger partial charge in [-0.15, -0.1) is 0 Å². The van der Waals surface area contributed by atoms with Crippen LogP contribution in [-0.2, 0) is 17.7 Å². The first kappa shape index (κ1) is 24.3. The highest BCUT2D eigenvalue weighted by molar-refractivity contribution is 5.87. The van der Waals surface area contributed by atoms with Gasteiger partial charge in [-0.3, -0.25) is 0 Å². The summed E-state index contributed by atoms with van der Waals surface area (Å²) in [5.41, 5.74) is 5.28. The third kappa shape index (κ3) is 5.81. The minimum absolute atomic E-state index is 0.00394. The molecule has 0 atom stereocenters. The number of hydrogen-bond acceptors (Lipinski definition) is 4. The molecule has 2 N–H and O–H groups in total. The van der Waals surface area contributed by atoms with Crippen LogP contribution in [0.3, 0.4) is 0 Å². The highest BCUT2D eigenvalue weighted by Crippen LogP contribution is 2.45. The zero-order valence-corrected chi connectivity index (χ0v) is 19.4. The van der Waals surface area contributed by atoms with Crippen LogP contribution in [0.1, 0.15) is 62.3 Å². The number of phenols is 2. The number of ether oxygens (including phenoxy) is 1. The van der Waals surface area contributed by atoms with Gasteiger partial charge in [0.1, 0.15) is 11.5 Å². The van der Waals surface area contributed by atoms with Crippen molar-refractivity contribution in [1.29, 1.82) is 0 Å². The number of nitrogens with zero attached hydrogens (tertiary/aromatic N) is 1. The lowest BCUT2D eigenvalue weighted by Crippen LogP contribution is -2.27. The largest absolute Gasteiger partial charge is 0.507 e. The topological polar surface area (TPSA) is 70.0 Å². The van der Waals surface area contributed by atoms with E-state index in [0.29, 0.717) is 17.5 Å². The van der Waals surface area contributed by atoms with Gasteiger partial charge in [0.05, 0.1) is 18.7 Å². The number of rotatable bonds is 9. The number of carbonyl (C=O) groups excluding carboxylic acids is 1. The van der Waals surface area contributed by atoms with E-state index in [4.69, 9.17) is 4.74 Å². The Bertz CT molecular complexity index is 949. The molecule has 2 aromatic carbocycles. The second kappa shape index (κ2) is 10.9. The van der Waals surface area contributed by atoms with Gasteiger partial charge in [-0.25, -0.2) is 4.79 Å². The van der Waals surface area contributed by atoms with Gasteiger partial charge in [-0.2, -0.15) is 0 Å². The summed E-state index contributed by atoms with van der Waals surface area (Å²) in [6.45, 7) is 12.3. The van der Waals surface area contributed by atoms with Gasteiger partial charge in [0.2, 0.25) is 0 Å². The quantitative estimate of drug-likeness (QED) is 0.454. The molecular formula is C26H35NO4. The summed E-state index contributed by atoms with van der Waals surface area (Å²) < 4.78 is 5.10. The number of allylic oxidation sites excluding steroid dienone is 1. The van der Waals surface area contributed by atoms with Crippen molar-refractivity contribution in [1.82, 2.24) is 4.90 Å². The van der Waals surface area contributed by atoms with Gasteiger partial charge >= 0.3 is 6.09 Å². The van der Waals surface area contributed by atoms with E-state index < -0.39 is 6.09 Å². The zero-order chi connectivity index (χ0) is 23.1. The Morgan fingerprint density at radius 1 is 1.16 bits per heavy atom. The average Bonchev–Trinajstić information content (AvgIpc) is 2.70. The van der Waals surface area contributed by atoms with E-state index in [0.717, 1.165) is 47.1 Å². The molecule has 0 aliphatic rings. The van der Waals surface area contributed by atoms with Crippen molar-refractivity contribution in [2.24, 2.45) is 0 Å². The molecule has 5 nitrogen and oxygen atoms in total. The molecule has 0 aromatic heterocycles. The van der Waals surface area contributed by atoms with Crippen LogP contribution >= 0.6 is 0 Å². The Morgan fingerprint density at radius 2 is 1.87 bits per heavy atom. The summed E-state index contributed by atoms with van der Waals surface area (Å²) >= 11 is 0. The molecular weight excluding hydrogens is 390 g/mol. The van der Waals surface area contributed by atoms with Crippen LogP contribution in [0.25, 0.3) is 16.7 Å². The number of carbonyl (C=O) groups is 1. The molecule has 0 bridgehead atoms. The average molecular weight is 426 g/mol. The number of phenolic OH excluding ortho intramolecular Hbond substituents is 2. The lowest BCUT2D eigenvalue weighted by Gasteiger charge is -2.23. The molecule has 1 amide bonds. The van der Waals surface area contributed by atoms with Gasteiger partial charge in [-0.05, 0) is 56.4 Å². The van der Waals surface area contributed by atoms with Crippen LogP contribution in [0.5, 0.6) is 11.5 Å². The Morgan fingerprint density at radius 3 is 2.48 bits per heavy atom. The number of benzene rings is 2. The fourth-order valence-corrected chi connectivity index (χ4v) is 3.75. The smallest absolute Gasteiger partial charge is 0.409 e. The lowest BCUT2D eigenvalue weighted by molar-refractivity contribution is 0.114. The second-order valence-electron chi connectivity index (χ2n) is 8.10. The van der Waals surface area contributed by atoms with Gasteiger partial charge in [-0.1, -0.05) is 55.7 Å². The summed E-state index contributed by atoms with van der Waals surface area (Å²) in [5.74, 6) is 0.0235. The van der Waals surface area contributed by atoms with E-state index in [9.17, 15) is 15.0 Å². The monoisotopic (exact) mass is 425 g/mol. The van der Waals surface area contributed by atoms with Gasteiger partial charge in [0.15, 0.2) is 0 Å². The first-order valence-corrected chi connectivity index (χ1v) is 10.9. The van der Waals surface area contributed by atoms with Crippen molar-refractivity contribution in [3.8, 4) is 22.6 Å². The lowest BCUT2D eigenvalue weighted by atomic mass is 9.89. The molecule has 2 rings (SSSR count). The molecule has 31 heavy (non-hydrogen) atoms. The minimum atomic E-state index is -0.450. The SMILES string of the molecule is C=C(C)c1ccc(C)cc1-c1c(O)cc(CCCCC)c(CN(C)C(=O)OCC)c1O. The Kier molecular flexibility index (Phi) is 8.55. The molecule has 0 radical (unpaired) electrons. The third-order valence-electron chi connectivity index (χ3n) is 5.41. The van der Waals surface area contributed by atoms with Gasteiger partial charge in [0.25, 0.3) is 0 Å². The molecule has 2 aromatic rings. The number of amides is 1. The minimum Gasteiger partial charge on any atom is -0.507 e. The maximum absolute atomic E-state index is 12.2. The maximum Gasteiger partial charge on any atom is 0.409 e. The van der Waals surface area contributed by atoms with Crippen molar-refractivity contribution in [3.63, 3.8) is 0 Å². The van der Waals surface area contributed by atoms with Crippen LogP contribution < -0.4 is 0 Å². The summed E-state index contributed by atoms with van der Waals surface area (Å²) in [4.78, 5) is 13.6. The van der Waals surface area contributed by atoms with Crippen molar-refractivity contribution in [2.75, 3.05) is 13.7 Å².